The average Bonchev–Trinajstić information content (AvgIpc) is 0.753. The molecule has 32 heteroatoms. The molecule has 13 rings (SSSR count). The summed E-state index contributed by atoms with van der Waals surface area (Å²) in [4.78, 5) is 131. The highest BCUT2D eigenvalue weighted by Crippen LogP contribution is 2.36. The number of aromatic nitrogens is 9. The highest BCUT2D eigenvalue weighted by atomic mass is 19.4. The van der Waals surface area contributed by atoms with Gasteiger partial charge in [-0.3, -0.25) is 48.1 Å². The molecule has 2 N–H and O–H groups in total. The molecule has 2 aliphatic rings. The highest BCUT2D eigenvalue weighted by Gasteiger charge is 2.47. The number of nitrogens with zero attached hydrogens (tertiary/aromatic N) is 11. The van der Waals surface area contributed by atoms with Gasteiger partial charge in [0.2, 0.25) is 0 Å². The van der Waals surface area contributed by atoms with Crippen LogP contribution in [0, 0.1) is 25.5 Å². The number of hydrogen-bond acceptors (Lipinski definition) is 18. The van der Waals surface area contributed by atoms with E-state index in [4.69, 9.17) is 14.2 Å². The zero-order chi connectivity index (χ0) is 74.2. The fourth-order valence-electron chi connectivity index (χ4n) is 12.9. The van der Waals surface area contributed by atoms with Gasteiger partial charge < -0.3 is 34.6 Å². The van der Waals surface area contributed by atoms with E-state index in [0.717, 1.165) is 31.1 Å². The van der Waals surface area contributed by atoms with Gasteiger partial charge in [-0.1, -0.05) is 42.5 Å². The van der Waals surface area contributed by atoms with Crippen LogP contribution in [0.3, 0.4) is 0 Å². The Labute approximate surface area is 582 Å². The molecule has 2 saturated heterocycles. The number of halogens is 8. The number of aryl methyl sites for hydroxylation is 4. The second-order valence-electron chi connectivity index (χ2n) is 24.6. The molecule has 11 aromatic rings. The number of para-hydroxylation sites is 1. The maximum atomic E-state index is 15.8. The summed E-state index contributed by atoms with van der Waals surface area (Å²) in [5, 5.41) is 6.41. The summed E-state index contributed by atoms with van der Waals surface area (Å²) in [6.45, 7) is 2.55. The number of amides is 2. The van der Waals surface area contributed by atoms with E-state index >= 15 is 8.78 Å². The largest absolute Gasteiger partial charge is 0.425 e. The first-order valence-electron chi connectivity index (χ1n) is 32.1. The Morgan fingerprint density at radius 1 is 0.577 bits per heavy atom. The minimum absolute atomic E-state index is 0.000756. The minimum atomic E-state index is -4.65. The van der Waals surface area contributed by atoms with Crippen LogP contribution in [-0.2, 0) is 46.0 Å². The Hall–Kier alpha value is -11.9. The van der Waals surface area contributed by atoms with Gasteiger partial charge in [-0.25, -0.2) is 42.3 Å². The molecule has 0 aliphatic carbocycles. The molecule has 4 atom stereocenters. The van der Waals surface area contributed by atoms with E-state index in [1.165, 1.54) is 124 Å². The predicted octanol–water partition coefficient (Wildman–Crippen LogP) is 7.97. The fourth-order valence-corrected chi connectivity index (χ4v) is 12.9. The third-order valence-electron chi connectivity index (χ3n) is 18.0. The maximum absolute atomic E-state index is 15.8. The Kier molecular flexibility index (Phi) is 20.2. The summed E-state index contributed by atoms with van der Waals surface area (Å²) >= 11 is 0. The van der Waals surface area contributed by atoms with E-state index in [-0.39, 0.29) is 106 Å². The molecule has 104 heavy (non-hydrogen) atoms. The molecular weight excluding hydrogens is 1370 g/mol. The summed E-state index contributed by atoms with van der Waals surface area (Å²) < 4.78 is 134. The summed E-state index contributed by atoms with van der Waals surface area (Å²) in [5.74, 6) is -5.25. The Morgan fingerprint density at radius 3 is 1.59 bits per heavy atom. The molecule has 0 saturated carbocycles. The van der Waals surface area contributed by atoms with E-state index in [1.807, 2.05) is 0 Å². The van der Waals surface area contributed by atoms with Gasteiger partial charge in [-0.05, 0) is 110 Å². The monoisotopic (exact) mass is 1440 g/mol. The molecule has 0 bridgehead atoms. The molecule has 24 nitrogen and oxygen atoms in total. The van der Waals surface area contributed by atoms with Crippen LogP contribution in [0.1, 0.15) is 49.9 Å². The number of carbonyl (C=O) groups is 4. The van der Waals surface area contributed by atoms with Crippen molar-refractivity contribution in [2.45, 2.75) is 70.1 Å². The molecule has 2 fully saturated rings. The van der Waals surface area contributed by atoms with Crippen molar-refractivity contribution in [2.24, 2.45) is 14.1 Å². The maximum Gasteiger partial charge on any atom is 0.411 e. The SMILES string of the molecule is CC(=O)C(Cc1ccc(-n2c(=O)c3cncnc3n(C)c2=O)c2ncccc12)NC(=O)c1c(C)cc(N2CCOCC2C(F)(F)F)cc1F.Cc1cc(N2CCOCC2C(F)(F)F)cc(F)c1C(=O)NC(Cc1ccc(-n2c(=O)c3ccncc3n(C)c2=O)c2ncccc12)C(=O)Oc1ccccc1. The van der Waals surface area contributed by atoms with Crippen LogP contribution >= 0.6 is 0 Å². The van der Waals surface area contributed by atoms with Crippen molar-refractivity contribution in [1.82, 2.24) is 53.8 Å². The number of carbonyl (C=O) groups excluding carboxylic acids is 4. The van der Waals surface area contributed by atoms with Crippen LogP contribution in [-0.4, -0.2) is 143 Å². The first-order valence-corrected chi connectivity index (χ1v) is 32.1. The van der Waals surface area contributed by atoms with Gasteiger partial charge in [0.05, 0.1) is 83.1 Å². The number of alkyl halides is 6. The van der Waals surface area contributed by atoms with Crippen LogP contribution in [0.4, 0.5) is 46.5 Å². The third-order valence-corrected chi connectivity index (χ3v) is 18.0. The lowest BCUT2D eigenvalue weighted by molar-refractivity contribution is -0.167. The van der Waals surface area contributed by atoms with Crippen molar-refractivity contribution < 1.29 is 68.5 Å². The summed E-state index contributed by atoms with van der Waals surface area (Å²) in [6.07, 6.45) is -1.21. The van der Waals surface area contributed by atoms with Crippen LogP contribution in [0.2, 0.25) is 0 Å². The molecule has 6 aromatic heterocycles. The smallest absolute Gasteiger partial charge is 0.411 e. The molecule has 5 aromatic carbocycles. The van der Waals surface area contributed by atoms with Crippen molar-refractivity contribution >= 4 is 78.7 Å². The van der Waals surface area contributed by atoms with E-state index in [2.05, 4.69) is 35.6 Å². The molecule has 536 valence electrons. The van der Waals surface area contributed by atoms with Gasteiger partial charge >= 0.3 is 29.7 Å². The van der Waals surface area contributed by atoms with Crippen molar-refractivity contribution in [3.05, 3.63) is 233 Å². The Morgan fingerprint density at radius 2 is 1.08 bits per heavy atom. The number of benzene rings is 5. The van der Waals surface area contributed by atoms with E-state index in [9.17, 15) is 64.7 Å². The normalized spacial score (nSPS) is 15.5. The highest BCUT2D eigenvalue weighted by molar-refractivity contribution is 6.01. The number of rotatable bonds is 15. The lowest BCUT2D eigenvalue weighted by Gasteiger charge is -2.38. The number of hydrogen-bond donors (Lipinski definition) is 2. The van der Waals surface area contributed by atoms with Crippen LogP contribution in [0.25, 0.3) is 55.1 Å². The number of nitrogens with one attached hydrogen (secondary N) is 2. The molecule has 0 radical (unpaired) electrons. The Balaban J connectivity index is 0.000000197. The van der Waals surface area contributed by atoms with Crippen molar-refractivity contribution in [1.29, 1.82) is 0 Å². The first kappa shape index (κ1) is 71.9. The number of fused-ring (bicyclic) bond motifs is 4. The van der Waals surface area contributed by atoms with Crippen molar-refractivity contribution in [3.8, 4) is 17.1 Å². The van der Waals surface area contributed by atoms with Gasteiger partial charge in [-0.2, -0.15) is 26.3 Å². The Bertz CT molecular complexity index is 5450. The van der Waals surface area contributed by atoms with Crippen molar-refractivity contribution in [3.63, 3.8) is 0 Å². The zero-order valence-corrected chi connectivity index (χ0v) is 55.8. The van der Waals surface area contributed by atoms with Gasteiger partial charge in [0.25, 0.3) is 22.9 Å². The number of anilines is 2. The number of pyridine rings is 3. The summed E-state index contributed by atoms with van der Waals surface area (Å²) in [5.41, 5.74) is -1.14. The molecule has 2 amide bonds. The summed E-state index contributed by atoms with van der Waals surface area (Å²) in [6, 6.07) is 20.1. The van der Waals surface area contributed by atoms with Crippen LogP contribution < -0.4 is 47.7 Å². The second-order valence-corrected chi connectivity index (χ2v) is 24.6. The van der Waals surface area contributed by atoms with E-state index in [1.54, 1.807) is 54.6 Å². The lowest BCUT2D eigenvalue weighted by Crippen LogP contribution is -2.53. The molecule has 8 heterocycles. The quantitative estimate of drug-likeness (QED) is 0.0559. The predicted molar refractivity (Wildman–Crippen MR) is 365 cm³/mol. The van der Waals surface area contributed by atoms with E-state index in [0.29, 0.717) is 27.4 Å². The molecular formula is C72H61F8N13O11. The van der Waals surface area contributed by atoms with Gasteiger partial charge in [0.1, 0.15) is 47.2 Å². The zero-order valence-electron chi connectivity index (χ0n) is 55.8. The molecule has 4 unspecified atom stereocenters. The number of esters is 1. The fraction of sp³-hybridized carbons (Fsp3) is 0.264. The standard InChI is InChI=1S/C39H32F4N6O6.C33H29F4N7O5/c1-22-17-24(48-15-16-54-21-32(48)39(41,42)43)19-28(40)33(22)35(50)46-29(37(52)55-25-7-4-3-5-8-25)18-23-10-11-30(34-26(23)9-6-13-45-34)49-36(51)27-12-14-44-20-31(27)47(2)38(49)53;1-17-11-20(43-9-10-49-15-26(43)33(35,36)37)13-23(34)27(17)30(46)41-24(18(2)45)12-19-6-7-25(28-21(19)5-4-8-39-28)44-31(47)22-14-38-16-40-29(22)42(3)32(44)48/h3-14,17,19-20,29,32H,15-16,18,21H2,1-2H3,(H,46,50);4-8,11,13-14,16,24,26H,9-10,12,15H2,1-3H3,(H,41,46). The van der Waals surface area contributed by atoms with Crippen LogP contribution in [0.5, 0.6) is 5.75 Å². The number of Topliss-reactive ketones (excluding diaryl/α,β-unsaturated/α-hetero) is 1. The average molecular weight is 1440 g/mol. The molecule has 0 spiro atoms. The minimum Gasteiger partial charge on any atom is -0.425 e. The second kappa shape index (κ2) is 29.2. The van der Waals surface area contributed by atoms with Crippen molar-refractivity contribution in [2.75, 3.05) is 49.3 Å². The lowest BCUT2D eigenvalue weighted by atomic mass is 9.97. The number of morpholine rings is 2. The molecule has 2 aliphatic heterocycles. The van der Waals surface area contributed by atoms with Gasteiger partial charge in [0.15, 0.2) is 11.4 Å². The van der Waals surface area contributed by atoms with Gasteiger partial charge in [-0.15, -0.1) is 0 Å². The topological polar surface area (TPSA) is 279 Å². The number of ether oxygens (including phenoxy) is 3. The number of ketones is 1. The summed E-state index contributed by atoms with van der Waals surface area (Å²) in [7, 11) is 2.98. The third kappa shape index (κ3) is 14.2. The van der Waals surface area contributed by atoms with Crippen LogP contribution in [0.15, 0.2) is 166 Å². The van der Waals surface area contributed by atoms with Gasteiger partial charge in [0, 0.05) is 87.0 Å². The first-order chi connectivity index (χ1) is 49.6. The van der Waals surface area contributed by atoms with E-state index < -0.39 is 119 Å².